The van der Waals surface area contributed by atoms with Gasteiger partial charge in [-0.3, -0.25) is 29.1 Å². The van der Waals surface area contributed by atoms with Crippen LogP contribution in [0.25, 0.3) is 65.2 Å². The SMILES string of the molecule is CC[C@H]1O[C@@H](Oc2cc3c(=O)n(CCNC)c4c5cc6c(cc5ncc4c3cc2C)OCO6)[C@H](OC(C)=O)[C@@H](C)[C@H]1C.CNCCn1c(=O)c2cc(O[C@@H]3O[C@@H](C)[C@@H](C)[C@@H](C)[C@@H]3OC(C)=O)c(C)cc2c2cnc3cc4c(cc3c21)OCO4. The predicted octanol–water partition coefficient (Wildman–Crippen LogP) is 8.96. The van der Waals surface area contributed by atoms with E-state index in [1.165, 1.54) is 13.8 Å². The Morgan fingerprint density at radius 3 is 1.40 bits per heavy atom. The largest absolute Gasteiger partial charge is 0.461 e. The third-order valence-corrected chi connectivity index (χ3v) is 17.2. The first-order valence-corrected chi connectivity index (χ1v) is 28.6. The number of carbonyl (C=O) groups excluding carboxylic acids is 2. The highest BCUT2D eigenvalue weighted by Gasteiger charge is 2.45. The average Bonchev–Trinajstić information content (AvgIpc) is 1.96. The second-order valence-electron chi connectivity index (χ2n) is 22.4. The molecule has 0 bridgehead atoms. The number of ether oxygens (including phenoxy) is 10. The first-order valence-electron chi connectivity index (χ1n) is 28.6. The van der Waals surface area contributed by atoms with E-state index in [0.29, 0.717) is 71.4 Å². The molecule has 4 aliphatic heterocycles. The minimum absolute atomic E-state index is 0.0197. The van der Waals surface area contributed by atoms with Crippen molar-refractivity contribution in [1.29, 1.82) is 0 Å². The van der Waals surface area contributed by atoms with Crippen LogP contribution in [0.1, 0.15) is 72.9 Å². The fourth-order valence-electron chi connectivity index (χ4n) is 12.2. The number of aryl methyl sites for hydroxylation is 2. The zero-order valence-corrected chi connectivity index (χ0v) is 49.0. The van der Waals surface area contributed by atoms with Crippen LogP contribution in [-0.4, -0.2) is 109 Å². The Balaban J connectivity index is 0.000000174. The van der Waals surface area contributed by atoms with Crippen LogP contribution >= 0.6 is 0 Å². The van der Waals surface area contributed by atoms with Crippen LogP contribution < -0.4 is 50.2 Å². The zero-order valence-electron chi connectivity index (χ0n) is 49.0. The number of benzene rings is 4. The molecule has 0 spiro atoms. The van der Waals surface area contributed by atoms with Crippen molar-refractivity contribution < 1.29 is 57.0 Å². The van der Waals surface area contributed by atoms with E-state index in [0.717, 1.165) is 71.9 Å². The summed E-state index contributed by atoms with van der Waals surface area (Å²) in [4.78, 5) is 61.7. The van der Waals surface area contributed by atoms with Gasteiger partial charge in [0.2, 0.25) is 26.2 Å². The monoisotopic (exact) mass is 1140 g/mol. The van der Waals surface area contributed by atoms with Crippen LogP contribution in [0, 0.1) is 37.5 Å². The maximum atomic E-state index is 14.2. The summed E-state index contributed by atoms with van der Waals surface area (Å²) < 4.78 is 62.7. The lowest BCUT2D eigenvalue weighted by atomic mass is 9.82. The smallest absolute Gasteiger partial charge is 0.303 e. The van der Waals surface area contributed by atoms with Crippen LogP contribution in [0.4, 0.5) is 0 Å². The standard InChI is InChI=1S/C32H37N3O7.C31H35N3O7/c1-7-25-17(3)18(4)30(40-19(5)36)32(41-25)42-26-11-21-20(10-16(26)2)23-14-34-24-13-28-27(38-15-39-28)12-22(24)29(23)35(31(21)37)9-8-33-6;1-15-9-20-21(10-25(15)41-31-29(40-19(5)35)17(3)16(2)18(4)39-31)30(36)34(8-7-32-6)28-22-11-26-27(38-14-37-26)12-24(22)33-13-23(20)28/h10-14,17-18,25,30,32-33H,7-9,15H2,1-6H3;9-13,16-18,29,31-32H,7-8,14H2,1-6H3/t17-,18+,25-,30-,32+;16-,17+,18-,29-,31-/m10/s1. The van der Waals surface area contributed by atoms with Gasteiger partial charge in [0.05, 0.1) is 45.0 Å². The fraction of sp³-hybridized carbons (Fsp3) is 0.460. The van der Waals surface area contributed by atoms with Crippen molar-refractivity contribution in [3.63, 3.8) is 0 Å². The fourth-order valence-corrected chi connectivity index (χ4v) is 12.2. The summed E-state index contributed by atoms with van der Waals surface area (Å²) in [6, 6.07) is 15.0. The van der Waals surface area contributed by atoms with Gasteiger partial charge in [0.1, 0.15) is 11.5 Å². The van der Waals surface area contributed by atoms with Crippen molar-refractivity contribution in [2.45, 2.75) is 126 Å². The third-order valence-electron chi connectivity index (χ3n) is 17.2. The number of likely N-dealkylation sites (N-methyl/N-ethyl adjacent to an activating group) is 2. The maximum absolute atomic E-state index is 14.2. The lowest BCUT2D eigenvalue weighted by molar-refractivity contribution is -0.247. The summed E-state index contributed by atoms with van der Waals surface area (Å²) in [5, 5.41) is 12.2. The molecule has 20 nitrogen and oxygen atoms in total. The number of carbonyl (C=O) groups is 2. The molecule has 0 unspecified atom stereocenters. The Labute approximate surface area is 479 Å². The van der Waals surface area contributed by atoms with Crippen molar-refractivity contribution >= 4 is 77.1 Å². The van der Waals surface area contributed by atoms with Crippen molar-refractivity contribution in [1.82, 2.24) is 29.7 Å². The molecule has 83 heavy (non-hydrogen) atoms. The van der Waals surface area contributed by atoms with E-state index >= 15 is 0 Å². The van der Waals surface area contributed by atoms with E-state index in [2.05, 4.69) is 38.3 Å². The normalized spacial score (nSPS) is 23.7. The van der Waals surface area contributed by atoms with E-state index in [9.17, 15) is 19.2 Å². The summed E-state index contributed by atoms with van der Waals surface area (Å²) in [7, 11) is 3.71. The van der Waals surface area contributed by atoms with Gasteiger partial charge in [-0.25, -0.2) is 0 Å². The summed E-state index contributed by atoms with van der Waals surface area (Å²) in [6.45, 7) is 21.4. The molecule has 4 aliphatic rings. The highest BCUT2D eigenvalue weighted by molar-refractivity contribution is 6.16. The van der Waals surface area contributed by atoms with Crippen molar-refractivity contribution in [3.8, 4) is 34.5 Å². The molecule has 438 valence electrons. The molecule has 2 saturated heterocycles. The van der Waals surface area contributed by atoms with Crippen LogP contribution in [0.2, 0.25) is 0 Å². The Kier molecular flexibility index (Phi) is 15.9. The number of fused-ring (bicyclic) bond motifs is 12. The molecule has 8 heterocycles. The number of aromatic nitrogens is 4. The van der Waals surface area contributed by atoms with Gasteiger partial charge in [-0.1, -0.05) is 34.6 Å². The molecule has 0 amide bonds. The van der Waals surface area contributed by atoms with Crippen molar-refractivity contribution in [2.75, 3.05) is 40.8 Å². The highest BCUT2D eigenvalue weighted by atomic mass is 16.7. The van der Waals surface area contributed by atoms with Crippen molar-refractivity contribution in [3.05, 3.63) is 92.8 Å². The number of esters is 2. The third kappa shape index (κ3) is 10.5. The van der Waals surface area contributed by atoms with Gasteiger partial charge in [-0.15, -0.1) is 0 Å². The zero-order chi connectivity index (χ0) is 58.7. The van der Waals surface area contributed by atoms with Crippen LogP contribution in [0.3, 0.4) is 0 Å². The van der Waals surface area contributed by atoms with E-state index < -0.39 is 30.8 Å². The lowest BCUT2D eigenvalue weighted by Gasteiger charge is -2.43. The summed E-state index contributed by atoms with van der Waals surface area (Å²) >= 11 is 0. The minimum Gasteiger partial charge on any atom is -0.461 e. The van der Waals surface area contributed by atoms with Gasteiger partial charge in [-0.2, -0.15) is 0 Å². The Hall–Kier alpha value is -7.78. The number of rotatable bonds is 13. The van der Waals surface area contributed by atoms with Gasteiger partial charge in [0, 0.05) is 97.9 Å². The average molecular weight is 1140 g/mol. The maximum Gasteiger partial charge on any atom is 0.303 e. The van der Waals surface area contributed by atoms with E-state index in [1.54, 1.807) is 21.3 Å². The molecule has 0 aliphatic carbocycles. The summed E-state index contributed by atoms with van der Waals surface area (Å²) in [5.41, 5.74) is 4.38. The molecule has 2 fully saturated rings. The minimum atomic E-state index is -0.807. The molecule has 0 saturated carbocycles. The molecule has 10 atom stereocenters. The number of hydrogen-bond donors (Lipinski definition) is 2. The molecule has 4 aromatic heterocycles. The molecule has 8 aromatic rings. The highest BCUT2D eigenvalue weighted by Crippen LogP contribution is 2.43. The van der Waals surface area contributed by atoms with E-state index in [4.69, 9.17) is 57.3 Å². The predicted molar refractivity (Wildman–Crippen MR) is 314 cm³/mol. The first-order chi connectivity index (χ1) is 39.9. The van der Waals surface area contributed by atoms with E-state index in [-0.39, 0.29) is 66.6 Å². The number of nitrogens with one attached hydrogen (secondary N) is 2. The second kappa shape index (κ2) is 23.1. The second-order valence-corrected chi connectivity index (χ2v) is 22.4. The first kappa shape index (κ1) is 57.1. The Morgan fingerprint density at radius 2 is 0.976 bits per heavy atom. The molecule has 4 aromatic carbocycles. The molecule has 20 heteroatoms. The van der Waals surface area contributed by atoms with E-state index in [1.807, 2.05) is 90.6 Å². The summed E-state index contributed by atoms with van der Waals surface area (Å²) in [5.74, 6) is 3.18. The van der Waals surface area contributed by atoms with Gasteiger partial charge >= 0.3 is 11.9 Å². The van der Waals surface area contributed by atoms with Gasteiger partial charge in [-0.05, 0) is 111 Å². The molecular weight excluding hydrogens is 1060 g/mol. The van der Waals surface area contributed by atoms with Crippen molar-refractivity contribution in [2.24, 2.45) is 23.7 Å². The van der Waals surface area contributed by atoms with Crippen LogP contribution in [-0.2, 0) is 41.6 Å². The topological polar surface area (TPSA) is 220 Å². The molecule has 12 rings (SSSR count). The van der Waals surface area contributed by atoms with Gasteiger partial charge in [0.25, 0.3) is 11.1 Å². The van der Waals surface area contributed by atoms with Crippen LogP contribution in [0.5, 0.6) is 34.5 Å². The van der Waals surface area contributed by atoms with Crippen LogP contribution in [0.15, 0.2) is 70.5 Å². The number of hydrogen-bond acceptors (Lipinski definition) is 18. The van der Waals surface area contributed by atoms with Gasteiger partial charge in [0.15, 0.2) is 35.2 Å². The summed E-state index contributed by atoms with van der Waals surface area (Å²) in [6.07, 6.45) is 1.51. The molecule has 0 radical (unpaired) electrons. The lowest BCUT2D eigenvalue weighted by Crippen LogP contribution is -2.53. The number of nitrogens with zero attached hydrogens (tertiary/aromatic N) is 4. The molecular formula is C63H72N6O14. The Bertz CT molecular complexity index is 3990. The Morgan fingerprint density at radius 1 is 0.554 bits per heavy atom. The quantitative estimate of drug-likeness (QED) is 0.0812. The molecule has 2 N–H and O–H groups in total. The van der Waals surface area contributed by atoms with Gasteiger partial charge < -0.3 is 67.1 Å². The number of pyridine rings is 4.